The van der Waals surface area contributed by atoms with Crippen LogP contribution in [0.3, 0.4) is 0 Å². The van der Waals surface area contributed by atoms with Crippen molar-refractivity contribution < 1.29 is 48.3 Å². The van der Waals surface area contributed by atoms with Gasteiger partial charge in [0.05, 0.1) is 19.6 Å². The molecule has 1 aromatic rings. The molecule has 1 amide bonds. The molecule has 1 aromatic carbocycles. The Kier molecular flexibility index (Phi) is 20.7. The van der Waals surface area contributed by atoms with Gasteiger partial charge in [-0.3, -0.25) is 9.59 Å². The molecule has 0 saturated carbocycles. The average molecular weight is 741 g/mol. The van der Waals surface area contributed by atoms with E-state index in [4.69, 9.17) is 58.5 Å². The fourth-order valence-electron chi connectivity index (χ4n) is 5.33. The highest BCUT2D eigenvalue weighted by molar-refractivity contribution is 6.67. The molecule has 2 rings (SSSR count). The van der Waals surface area contributed by atoms with Crippen molar-refractivity contribution in [1.82, 2.24) is 5.32 Å². The van der Waals surface area contributed by atoms with Crippen LogP contribution in [0.1, 0.15) is 103 Å². The minimum atomic E-state index is -1.92. The molecule has 6 atom stereocenters. The van der Waals surface area contributed by atoms with Crippen LogP contribution in [-0.2, 0) is 39.9 Å². The largest absolute Gasteiger partial charge is 0.508 e. The second-order valence-corrected chi connectivity index (χ2v) is 14.5. The highest BCUT2D eigenvalue weighted by Gasteiger charge is 2.49. The molecule has 0 unspecified atom stereocenters. The Morgan fingerprint density at radius 1 is 0.958 bits per heavy atom. The number of benzene rings is 1. The number of aliphatic hydroxyl groups excluding tert-OH is 2. The maximum atomic E-state index is 13.5. The summed E-state index contributed by atoms with van der Waals surface area (Å²) in [6, 6.07) is 7.85. The minimum absolute atomic E-state index is 0.0341. The maximum Gasteiger partial charge on any atom is 0.508 e. The zero-order chi connectivity index (χ0) is 35.4. The standard InChI is InChI=1S/C34H52Cl3NO10/c1-3-5-6-7-8-9-10-11-15-19-25(46-28(41)16-4-2)20-27(40)38-29-31(48-33(43)45-23-34(35,36)37)30(42)26(21-39)47-32(29)44-22-24-17-13-12-14-18-24/h12-14,17-18,25-26,29-32,39,42H,3-11,15-16,19-23H2,1-2H3,(H,38,40)/t25-,26-,29-,30-,31-,32-/m1/s1. The molecule has 3 N–H and O–H groups in total. The summed E-state index contributed by atoms with van der Waals surface area (Å²) in [7, 11) is 0. The molecule has 0 radical (unpaired) electrons. The first kappa shape index (κ1) is 42.3. The average Bonchev–Trinajstić information content (AvgIpc) is 3.04. The summed E-state index contributed by atoms with van der Waals surface area (Å²) in [5.41, 5.74) is 0.779. The lowest BCUT2D eigenvalue weighted by molar-refractivity contribution is -0.274. The van der Waals surface area contributed by atoms with Crippen molar-refractivity contribution in [3.63, 3.8) is 0 Å². The van der Waals surface area contributed by atoms with Gasteiger partial charge in [0, 0.05) is 6.42 Å². The lowest BCUT2D eigenvalue weighted by Crippen LogP contribution is -2.66. The van der Waals surface area contributed by atoms with Crippen molar-refractivity contribution >= 4 is 52.8 Å². The Morgan fingerprint density at radius 2 is 1.60 bits per heavy atom. The molecule has 1 saturated heterocycles. The molecule has 1 fully saturated rings. The van der Waals surface area contributed by atoms with Crippen LogP contribution in [0.2, 0.25) is 0 Å². The number of carbonyl (C=O) groups excluding carboxylic acids is 3. The number of amides is 1. The predicted octanol–water partition coefficient (Wildman–Crippen LogP) is 6.68. The highest BCUT2D eigenvalue weighted by atomic mass is 35.6. The third kappa shape index (κ3) is 17.2. The smallest absolute Gasteiger partial charge is 0.462 e. The number of rotatable bonds is 22. The zero-order valence-corrected chi connectivity index (χ0v) is 30.2. The molecule has 48 heavy (non-hydrogen) atoms. The summed E-state index contributed by atoms with van der Waals surface area (Å²) in [6.07, 6.45) is 3.62. The molecule has 11 nitrogen and oxygen atoms in total. The van der Waals surface area contributed by atoms with Gasteiger partial charge in [-0.2, -0.15) is 0 Å². The molecular weight excluding hydrogens is 689 g/mol. The van der Waals surface area contributed by atoms with E-state index in [1.807, 2.05) is 37.3 Å². The van der Waals surface area contributed by atoms with Crippen LogP contribution in [-0.4, -0.2) is 82.0 Å². The van der Waals surface area contributed by atoms with Crippen LogP contribution in [0.25, 0.3) is 0 Å². The van der Waals surface area contributed by atoms with Gasteiger partial charge in [-0.15, -0.1) is 0 Å². The quantitative estimate of drug-likeness (QED) is 0.0668. The summed E-state index contributed by atoms with van der Waals surface area (Å²) >= 11 is 17.1. The third-order valence-corrected chi connectivity index (χ3v) is 8.15. The summed E-state index contributed by atoms with van der Waals surface area (Å²) < 4.78 is 25.9. The molecule has 0 spiro atoms. The number of esters is 1. The van der Waals surface area contributed by atoms with Crippen LogP contribution in [0.15, 0.2) is 30.3 Å². The molecule has 274 valence electrons. The van der Waals surface area contributed by atoms with Gasteiger partial charge in [0.2, 0.25) is 9.70 Å². The molecule has 1 aliphatic heterocycles. The van der Waals surface area contributed by atoms with Crippen molar-refractivity contribution in [3.8, 4) is 0 Å². The van der Waals surface area contributed by atoms with E-state index in [0.717, 1.165) is 31.2 Å². The van der Waals surface area contributed by atoms with Crippen LogP contribution in [0, 0.1) is 0 Å². The molecule has 1 heterocycles. The number of alkyl halides is 3. The maximum absolute atomic E-state index is 13.5. The van der Waals surface area contributed by atoms with Gasteiger partial charge in [-0.1, -0.05) is 130 Å². The summed E-state index contributed by atoms with van der Waals surface area (Å²) in [6.45, 7) is 2.80. The van der Waals surface area contributed by atoms with Crippen molar-refractivity contribution in [1.29, 1.82) is 0 Å². The van der Waals surface area contributed by atoms with Crippen LogP contribution in [0.4, 0.5) is 4.79 Å². The highest BCUT2D eigenvalue weighted by Crippen LogP contribution is 2.29. The second-order valence-electron chi connectivity index (χ2n) is 12.0. The van der Waals surface area contributed by atoms with E-state index in [9.17, 15) is 24.6 Å². The number of unbranched alkanes of at least 4 members (excludes halogenated alkanes) is 8. The number of halogens is 3. The Morgan fingerprint density at radius 3 is 2.21 bits per heavy atom. The normalized spacial score (nSPS) is 21.7. The Bertz CT molecular complexity index is 1060. The number of hydrogen-bond acceptors (Lipinski definition) is 10. The van der Waals surface area contributed by atoms with Gasteiger partial charge in [0.15, 0.2) is 12.4 Å². The van der Waals surface area contributed by atoms with Crippen molar-refractivity contribution in [2.45, 2.75) is 144 Å². The first-order valence-corrected chi connectivity index (χ1v) is 18.1. The summed E-state index contributed by atoms with van der Waals surface area (Å²) in [4.78, 5) is 38.5. The van der Waals surface area contributed by atoms with Gasteiger partial charge >= 0.3 is 12.1 Å². The molecule has 0 aliphatic carbocycles. The van der Waals surface area contributed by atoms with Gasteiger partial charge in [-0.05, 0) is 24.8 Å². The van der Waals surface area contributed by atoms with Crippen molar-refractivity contribution in [2.75, 3.05) is 13.2 Å². The Balaban J connectivity index is 2.16. The monoisotopic (exact) mass is 739 g/mol. The topological polar surface area (TPSA) is 150 Å². The number of nitrogens with one attached hydrogen (secondary N) is 1. The molecule has 14 heteroatoms. The Labute approximate surface area is 299 Å². The van der Waals surface area contributed by atoms with E-state index in [1.54, 1.807) is 0 Å². The van der Waals surface area contributed by atoms with Gasteiger partial charge in [0.1, 0.15) is 31.0 Å². The lowest BCUT2D eigenvalue weighted by atomic mass is 9.96. The van der Waals surface area contributed by atoms with Crippen LogP contribution in [0.5, 0.6) is 0 Å². The van der Waals surface area contributed by atoms with E-state index in [0.29, 0.717) is 12.8 Å². The first-order valence-electron chi connectivity index (χ1n) is 17.0. The number of carbonyl (C=O) groups is 3. The molecule has 1 aliphatic rings. The predicted molar refractivity (Wildman–Crippen MR) is 183 cm³/mol. The van der Waals surface area contributed by atoms with Gasteiger partial charge < -0.3 is 39.2 Å². The molecule has 0 bridgehead atoms. The number of hydrogen-bond donors (Lipinski definition) is 3. The van der Waals surface area contributed by atoms with E-state index in [1.165, 1.54) is 32.1 Å². The summed E-state index contributed by atoms with van der Waals surface area (Å²) in [5, 5.41) is 23.7. The Hall–Kier alpha value is -1.86. The fraction of sp³-hybridized carbons (Fsp3) is 0.735. The van der Waals surface area contributed by atoms with E-state index in [2.05, 4.69) is 12.2 Å². The second kappa shape index (κ2) is 23.5. The zero-order valence-electron chi connectivity index (χ0n) is 28.0. The van der Waals surface area contributed by atoms with E-state index < -0.39 is 71.8 Å². The minimum Gasteiger partial charge on any atom is -0.462 e. The van der Waals surface area contributed by atoms with Gasteiger partial charge in [0.25, 0.3) is 0 Å². The number of aliphatic hydroxyl groups is 2. The SMILES string of the molecule is CCCCCCCCCCC[C@H](CC(=O)N[C@H]1[C@H](OCc2ccccc2)O[C@H](CO)[C@@H](O)[C@@H]1OC(=O)OCC(Cl)(Cl)Cl)OC(=O)CCC. The third-order valence-electron chi connectivity index (χ3n) is 7.82. The van der Waals surface area contributed by atoms with Crippen molar-refractivity contribution in [2.24, 2.45) is 0 Å². The fourth-order valence-corrected chi connectivity index (χ4v) is 5.49. The van der Waals surface area contributed by atoms with E-state index >= 15 is 0 Å². The molecular formula is C34H52Cl3NO10. The van der Waals surface area contributed by atoms with Crippen LogP contribution < -0.4 is 5.32 Å². The lowest BCUT2D eigenvalue weighted by Gasteiger charge is -2.43. The van der Waals surface area contributed by atoms with Crippen LogP contribution >= 0.6 is 34.8 Å². The summed E-state index contributed by atoms with van der Waals surface area (Å²) in [5.74, 6) is -0.949. The van der Waals surface area contributed by atoms with Gasteiger partial charge in [-0.25, -0.2) is 4.79 Å². The molecule has 0 aromatic heterocycles. The van der Waals surface area contributed by atoms with E-state index in [-0.39, 0.29) is 19.4 Å². The first-order chi connectivity index (χ1) is 23.0. The van der Waals surface area contributed by atoms with Crippen molar-refractivity contribution in [3.05, 3.63) is 35.9 Å². The number of ether oxygens (including phenoxy) is 5.